The van der Waals surface area contributed by atoms with Crippen LogP contribution in [-0.2, 0) is 4.79 Å². The normalized spacial score (nSPS) is 20.4. The summed E-state index contributed by atoms with van der Waals surface area (Å²) >= 11 is 1.78. The number of carbonyl (C=O) groups excluding carboxylic acids is 1. The summed E-state index contributed by atoms with van der Waals surface area (Å²) in [4.78, 5) is 11.8. The minimum Gasteiger partial charge on any atom is -0.497 e. The second-order valence-corrected chi connectivity index (χ2v) is 7.56. The van der Waals surface area contributed by atoms with E-state index in [9.17, 15) is 4.79 Å². The Kier molecular flexibility index (Phi) is 7.55. The average Bonchev–Trinajstić information content (AvgIpc) is 3.38. The molecule has 1 aromatic heterocycles. The molecule has 8 heteroatoms. The molecule has 1 aliphatic rings. The van der Waals surface area contributed by atoms with E-state index in [2.05, 4.69) is 16.0 Å². The van der Waals surface area contributed by atoms with E-state index in [0.29, 0.717) is 18.3 Å². The van der Waals surface area contributed by atoms with E-state index in [4.69, 9.17) is 14.9 Å². The highest BCUT2D eigenvalue weighted by Gasteiger charge is 2.25. The fourth-order valence-corrected chi connectivity index (χ4v) is 4.05. The van der Waals surface area contributed by atoms with Crippen molar-refractivity contribution in [1.29, 1.82) is 0 Å². The molecule has 0 saturated carbocycles. The summed E-state index contributed by atoms with van der Waals surface area (Å²) in [5.74, 6) is 2.31. The number of hydrogen-bond acceptors (Lipinski definition) is 7. The zero-order valence-electron chi connectivity index (χ0n) is 15.8. The van der Waals surface area contributed by atoms with Crippen molar-refractivity contribution < 1.29 is 13.9 Å². The summed E-state index contributed by atoms with van der Waals surface area (Å²) in [7, 11) is 1.64. The maximum absolute atomic E-state index is 11.8. The van der Waals surface area contributed by atoms with Gasteiger partial charge in [-0.15, -0.1) is 11.8 Å². The summed E-state index contributed by atoms with van der Waals surface area (Å²) in [5.41, 5.74) is 7.33. The van der Waals surface area contributed by atoms with Crippen LogP contribution in [0.3, 0.4) is 0 Å². The molecule has 3 atom stereocenters. The first-order chi connectivity index (χ1) is 13.6. The highest BCUT2D eigenvalue weighted by Crippen LogP contribution is 2.21. The Morgan fingerprint density at radius 1 is 1.43 bits per heavy atom. The number of thioether (sulfide) groups is 1. The second-order valence-electron chi connectivity index (χ2n) is 6.42. The highest BCUT2D eigenvalue weighted by atomic mass is 32.2. The second kappa shape index (κ2) is 10.3. The Morgan fingerprint density at radius 2 is 2.25 bits per heavy atom. The molecule has 1 aromatic carbocycles. The van der Waals surface area contributed by atoms with Crippen molar-refractivity contribution in [3.63, 3.8) is 0 Å². The van der Waals surface area contributed by atoms with Gasteiger partial charge in [0.05, 0.1) is 19.5 Å². The maximum Gasteiger partial charge on any atom is 0.244 e. The number of benzene rings is 1. The first-order valence-electron chi connectivity index (χ1n) is 9.16. The molecule has 150 valence electrons. The molecule has 1 aliphatic heterocycles. The molecule has 5 N–H and O–H groups in total. The first kappa shape index (κ1) is 20.5. The van der Waals surface area contributed by atoms with E-state index in [1.807, 2.05) is 24.3 Å². The van der Waals surface area contributed by atoms with E-state index in [-0.39, 0.29) is 17.6 Å². The Hall–Kier alpha value is -2.26. The average molecular weight is 403 g/mol. The van der Waals surface area contributed by atoms with Crippen molar-refractivity contribution in [1.82, 2.24) is 16.0 Å². The van der Waals surface area contributed by atoms with Crippen LogP contribution in [-0.4, -0.2) is 36.9 Å². The van der Waals surface area contributed by atoms with Crippen LogP contribution in [0.15, 0.2) is 53.2 Å². The number of carbonyl (C=O) groups is 1. The lowest BCUT2D eigenvalue weighted by Gasteiger charge is -2.20. The Balaban J connectivity index is 1.35. The number of furan rings is 1. The molecule has 28 heavy (non-hydrogen) atoms. The van der Waals surface area contributed by atoms with Crippen LogP contribution >= 0.6 is 11.8 Å². The molecule has 0 bridgehead atoms. The van der Waals surface area contributed by atoms with Gasteiger partial charge >= 0.3 is 0 Å². The van der Waals surface area contributed by atoms with Gasteiger partial charge in [-0.3, -0.25) is 15.4 Å². The SMILES string of the molecule is COc1ccc(C(N)NC2NC(CCNC(=O)/C=C/c3ccco3)CS2)cc1. The largest absolute Gasteiger partial charge is 0.497 e. The zero-order valence-corrected chi connectivity index (χ0v) is 16.6. The van der Waals surface area contributed by atoms with E-state index >= 15 is 0 Å². The molecular weight excluding hydrogens is 376 g/mol. The van der Waals surface area contributed by atoms with Crippen molar-refractivity contribution >= 4 is 23.7 Å². The van der Waals surface area contributed by atoms with Crippen LogP contribution in [0.1, 0.15) is 23.9 Å². The first-order valence-corrected chi connectivity index (χ1v) is 10.2. The molecule has 0 aliphatic carbocycles. The lowest BCUT2D eigenvalue weighted by atomic mass is 10.2. The van der Waals surface area contributed by atoms with Gasteiger partial charge in [0.15, 0.2) is 0 Å². The minimum absolute atomic E-state index is 0.0802. The maximum atomic E-state index is 11.8. The molecule has 1 saturated heterocycles. The predicted molar refractivity (Wildman–Crippen MR) is 112 cm³/mol. The summed E-state index contributed by atoms with van der Waals surface area (Å²) in [5, 5.41) is 9.77. The van der Waals surface area contributed by atoms with Crippen molar-refractivity contribution in [2.24, 2.45) is 5.73 Å². The summed E-state index contributed by atoms with van der Waals surface area (Å²) in [6, 6.07) is 11.6. The molecule has 7 nitrogen and oxygen atoms in total. The van der Waals surface area contributed by atoms with Gasteiger partial charge in [0.25, 0.3) is 0 Å². The van der Waals surface area contributed by atoms with Crippen LogP contribution in [0.2, 0.25) is 0 Å². The number of hydrogen-bond donors (Lipinski definition) is 4. The number of rotatable bonds is 9. The van der Waals surface area contributed by atoms with Crippen LogP contribution in [0, 0.1) is 0 Å². The summed E-state index contributed by atoms with van der Waals surface area (Å²) in [6.07, 6.45) is 5.30. The van der Waals surface area contributed by atoms with Gasteiger partial charge in [-0.05, 0) is 42.3 Å². The smallest absolute Gasteiger partial charge is 0.244 e. The van der Waals surface area contributed by atoms with Crippen molar-refractivity contribution in [3.8, 4) is 5.75 Å². The summed E-state index contributed by atoms with van der Waals surface area (Å²) in [6.45, 7) is 0.608. The molecule has 2 heterocycles. The fourth-order valence-electron chi connectivity index (χ4n) is 2.83. The van der Waals surface area contributed by atoms with Crippen LogP contribution in [0.25, 0.3) is 6.08 Å². The lowest BCUT2D eigenvalue weighted by Crippen LogP contribution is -2.44. The van der Waals surface area contributed by atoms with Gasteiger partial charge < -0.3 is 20.2 Å². The third-order valence-electron chi connectivity index (χ3n) is 4.39. The molecule has 1 amide bonds. The van der Waals surface area contributed by atoms with Crippen LogP contribution in [0.4, 0.5) is 0 Å². The van der Waals surface area contributed by atoms with Gasteiger partial charge in [-0.1, -0.05) is 12.1 Å². The lowest BCUT2D eigenvalue weighted by molar-refractivity contribution is -0.116. The van der Waals surface area contributed by atoms with Crippen molar-refractivity contribution in [2.45, 2.75) is 24.1 Å². The fraction of sp³-hybridized carbons (Fsp3) is 0.350. The number of ether oxygens (including phenoxy) is 1. The van der Waals surface area contributed by atoms with Gasteiger partial charge in [0.1, 0.15) is 17.0 Å². The number of methoxy groups -OCH3 is 1. The van der Waals surface area contributed by atoms with Gasteiger partial charge in [0, 0.05) is 24.4 Å². The standard InChI is InChI=1S/C20H26N4O3S/c1-26-16-6-4-14(5-7-16)19(21)24-20-23-15(13-28-20)10-11-22-18(25)9-8-17-3-2-12-27-17/h2-9,12,15,19-20,23-24H,10-11,13,21H2,1H3,(H,22,25)/b9-8+. The summed E-state index contributed by atoms with van der Waals surface area (Å²) < 4.78 is 10.3. The Labute approximate surface area is 169 Å². The Bertz CT molecular complexity index is 764. The predicted octanol–water partition coefficient (Wildman–Crippen LogP) is 2.04. The molecular formula is C20H26N4O3S. The van der Waals surface area contributed by atoms with Gasteiger partial charge in [-0.25, -0.2) is 0 Å². The number of nitrogens with one attached hydrogen (secondary N) is 3. The van der Waals surface area contributed by atoms with Crippen LogP contribution < -0.4 is 26.4 Å². The molecule has 2 aromatic rings. The molecule has 3 rings (SSSR count). The van der Waals surface area contributed by atoms with Crippen molar-refractivity contribution in [3.05, 3.63) is 60.1 Å². The molecule has 3 unspecified atom stereocenters. The third-order valence-corrected chi connectivity index (χ3v) is 5.59. The minimum atomic E-state index is -0.263. The molecule has 1 fully saturated rings. The third kappa shape index (κ3) is 6.13. The van der Waals surface area contributed by atoms with Gasteiger partial charge in [-0.2, -0.15) is 0 Å². The molecule has 0 spiro atoms. The van der Waals surface area contributed by atoms with E-state index in [1.54, 1.807) is 43.3 Å². The highest BCUT2D eigenvalue weighted by molar-refractivity contribution is 8.00. The zero-order chi connectivity index (χ0) is 19.8. The van der Waals surface area contributed by atoms with E-state index < -0.39 is 0 Å². The van der Waals surface area contributed by atoms with E-state index in [0.717, 1.165) is 23.5 Å². The van der Waals surface area contributed by atoms with E-state index in [1.165, 1.54) is 6.08 Å². The Morgan fingerprint density at radius 3 is 2.96 bits per heavy atom. The number of nitrogens with two attached hydrogens (primary N) is 1. The van der Waals surface area contributed by atoms with Crippen LogP contribution in [0.5, 0.6) is 5.75 Å². The van der Waals surface area contributed by atoms with Crippen molar-refractivity contribution in [2.75, 3.05) is 19.4 Å². The quantitative estimate of drug-likeness (QED) is 0.376. The molecule has 0 radical (unpaired) electrons. The topological polar surface area (TPSA) is 102 Å². The monoisotopic (exact) mass is 402 g/mol. The van der Waals surface area contributed by atoms with Gasteiger partial charge in [0.2, 0.25) is 5.91 Å². The number of amides is 1.